The normalized spacial score (nSPS) is 12.2. The predicted molar refractivity (Wildman–Crippen MR) is 69.5 cm³/mol. The van der Waals surface area contributed by atoms with Crippen molar-refractivity contribution in [1.82, 2.24) is 0 Å². The van der Waals surface area contributed by atoms with E-state index in [2.05, 4.69) is 5.32 Å². The van der Waals surface area contributed by atoms with Crippen LogP contribution in [0.2, 0.25) is 5.02 Å². The van der Waals surface area contributed by atoms with Gasteiger partial charge in [0.15, 0.2) is 0 Å². The van der Waals surface area contributed by atoms with Crippen molar-refractivity contribution in [2.75, 3.05) is 18.5 Å². The SMILES string of the molecule is CCOCC(C)Nc1ccc(Cl)c(C(N)=O)c1. The fourth-order valence-corrected chi connectivity index (χ4v) is 1.64. The molecule has 0 heterocycles. The van der Waals surface area contributed by atoms with Crippen LogP contribution in [0.1, 0.15) is 24.2 Å². The summed E-state index contributed by atoms with van der Waals surface area (Å²) in [5.41, 5.74) is 6.34. The molecule has 0 aliphatic heterocycles. The first-order valence-corrected chi connectivity index (χ1v) is 5.86. The molecule has 0 aliphatic carbocycles. The molecule has 94 valence electrons. The van der Waals surface area contributed by atoms with Gasteiger partial charge >= 0.3 is 0 Å². The molecule has 0 bridgehead atoms. The first-order valence-electron chi connectivity index (χ1n) is 5.48. The molecule has 0 radical (unpaired) electrons. The zero-order valence-electron chi connectivity index (χ0n) is 10.00. The Labute approximate surface area is 106 Å². The average molecular weight is 257 g/mol. The van der Waals surface area contributed by atoms with Crippen molar-refractivity contribution in [3.63, 3.8) is 0 Å². The number of hydrogen-bond donors (Lipinski definition) is 2. The van der Waals surface area contributed by atoms with Crippen molar-refractivity contribution in [2.24, 2.45) is 5.73 Å². The molecule has 0 saturated heterocycles. The quantitative estimate of drug-likeness (QED) is 0.821. The molecule has 1 amide bonds. The second-order valence-electron chi connectivity index (χ2n) is 3.76. The predicted octanol–water partition coefficient (Wildman–Crippen LogP) is 2.28. The second-order valence-corrected chi connectivity index (χ2v) is 4.17. The van der Waals surface area contributed by atoms with Gasteiger partial charge < -0.3 is 15.8 Å². The highest BCUT2D eigenvalue weighted by molar-refractivity contribution is 6.33. The molecule has 0 aliphatic rings. The largest absolute Gasteiger partial charge is 0.380 e. The Balaban J connectivity index is 2.72. The molecule has 0 aromatic heterocycles. The van der Waals surface area contributed by atoms with Gasteiger partial charge in [0.1, 0.15) is 0 Å². The Hall–Kier alpha value is -1.26. The maximum atomic E-state index is 11.1. The topological polar surface area (TPSA) is 64.3 Å². The molecule has 0 fully saturated rings. The highest BCUT2D eigenvalue weighted by Gasteiger charge is 2.09. The number of ether oxygens (including phenoxy) is 1. The molecule has 17 heavy (non-hydrogen) atoms. The molecule has 4 nitrogen and oxygen atoms in total. The molecule has 1 atom stereocenters. The van der Waals surface area contributed by atoms with Gasteiger partial charge in [-0.3, -0.25) is 4.79 Å². The molecular weight excluding hydrogens is 240 g/mol. The number of carbonyl (C=O) groups is 1. The summed E-state index contributed by atoms with van der Waals surface area (Å²) in [5, 5.41) is 3.57. The third-order valence-electron chi connectivity index (χ3n) is 2.22. The van der Waals surface area contributed by atoms with Gasteiger partial charge in [0.25, 0.3) is 0 Å². The van der Waals surface area contributed by atoms with Crippen LogP contribution in [0.4, 0.5) is 5.69 Å². The summed E-state index contributed by atoms with van der Waals surface area (Å²) in [6, 6.07) is 5.25. The molecule has 1 aromatic rings. The van der Waals surface area contributed by atoms with Crippen LogP contribution in [-0.2, 0) is 4.74 Å². The van der Waals surface area contributed by atoms with Gasteiger partial charge in [-0.2, -0.15) is 0 Å². The third kappa shape index (κ3) is 4.24. The smallest absolute Gasteiger partial charge is 0.250 e. The van der Waals surface area contributed by atoms with Crippen molar-refractivity contribution in [1.29, 1.82) is 0 Å². The first-order chi connectivity index (χ1) is 8.04. The lowest BCUT2D eigenvalue weighted by Crippen LogP contribution is -2.22. The van der Waals surface area contributed by atoms with Gasteiger partial charge in [-0.15, -0.1) is 0 Å². The van der Waals surface area contributed by atoms with Crippen molar-refractivity contribution in [3.05, 3.63) is 28.8 Å². The number of nitrogens with two attached hydrogens (primary N) is 1. The summed E-state index contributed by atoms with van der Waals surface area (Å²) >= 11 is 5.86. The van der Waals surface area contributed by atoms with Gasteiger partial charge in [0.05, 0.1) is 17.2 Å². The summed E-state index contributed by atoms with van der Waals surface area (Å²) in [5.74, 6) is -0.531. The van der Waals surface area contributed by atoms with E-state index in [9.17, 15) is 4.79 Å². The summed E-state index contributed by atoms with van der Waals surface area (Å²) in [6.07, 6.45) is 0. The Kier molecular flexibility index (Phi) is 5.25. The van der Waals surface area contributed by atoms with E-state index in [1.807, 2.05) is 13.8 Å². The number of hydrogen-bond acceptors (Lipinski definition) is 3. The summed E-state index contributed by atoms with van der Waals surface area (Å²) in [7, 11) is 0. The van der Waals surface area contributed by atoms with Crippen LogP contribution >= 0.6 is 11.6 Å². The third-order valence-corrected chi connectivity index (χ3v) is 2.55. The Morgan fingerprint density at radius 3 is 2.88 bits per heavy atom. The van der Waals surface area contributed by atoms with E-state index in [1.54, 1.807) is 18.2 Å². The van der Waals surface area contributed by atoms with Crippen LogP contribution < -0.4 is 11.1 Å². The van der Waals surface area contributed by atoms with Crippen LogP contribution in [0, 0.1) is 0 Å². The standard InChI is InChI=1S/C12H17ClN2O2/c1-3-17-7-8(2)15-9-4-5-11(13)10(6-9)12(14)16/h4-6,8,15H,3,7H2,1-2H3,(H2,14,16). The molecular formula is C12H17ClN2O2. The van der Waals surface area contributed by atoms with Gasteiger partial charge in [-0.05, 0) is 32.0 Å². The minimum atomic E-state index is -0.531. The molecule has 3 N–H and O–H groups in total. The van der Waals surface area contributed by atoms with E-state index in [0.29, 0.717) is 23.8 Å². The summed E-state index contributed by atoms with van der Waals surface area (Å²) < 4.78 is 5.29. The first kappa shape index (κ1) is 13.8. The fraction of sp³-hybridized carbons (Fsp3) is 0.417. The number of benzene rings is 1. The molecule has 1 unspecified atom stereocenters. The van der Waals surface area contributed by atoms with E-state index in [-0.39, 0.29) is 6.04 Å². The maximum absolute atomic E-state index is 11.1. The summed E-state index contributed by atoms with van der Waals surface area (Å²) in [4.78, 5) is 11.1. The van der Waals surface area contributed by atoms with Crippen LogP contribution in [0.15, 0.2) is 18.2 Å². The van der Waals surface area contributed by atoms with Crippen LogP contribution in [0.3, 0.4) is 0 Å². The number of nitrogens with one attached hydrogen (secondary N) is 1. The molecule has 5 heteroatoms. The minimum Gasteiger partial charge on any atom is -0.380 e. The van der Waals surface area contributed by atoms with Gasteiger partial charge in [0, 0.05) is 18.3 Å². The maximum Gasteiger partial charge on any atom is 0.250 e. The monoisotopic (exact) mass is 256 g/mol. The molecule has 1 aromatic carbocycles. The van der Waals surface area contributed by atoms with Crippen molar-refractivity contribution in [2.45, 2.75) is 19.9 Å². The van der Waals surface area contributed by atoms with E-state index in [0.717, 1.165) is 5.69 Å². The van der Waals surface area contributed by atoms with E-state index in [1.165, 1.54) is 0 Å². The van der Waals surface area contributed by atoms with Crippen molar-refractivity contribution in [3.8, 4) is 0 Å². The van der Waals surface area contributed by atoms with Crippen molar-refractivity contribution >= 4 is 23.2 Å². The number of halogens is 1. The number of carbonyl (C=O) groups excluding carboxylic acids is 1. The average Bonchev–Trinajstić information content (AvgIpc) is 2.28. The Morgan fingerprint density at radius 1 is 1.59 bits per heavy atom. The van der Waals surface area contributed by atoms with Crippen LogP contribution in [0.5, 0.6) is 0 Å². The van der Waals surface area contributed by atoms with Gasteiger partial charge in [-0.1, -0.05) is 11.6 Å². The zero-order chi connectivity index (χ0) is 12.8. The van der Waals surface area contributed by atoms with Crippen molar-refractivity contribution < 1.29 is 9.53 Å². The van der Waals surface area contributed by atoms with Crippen LogP contribution in [0.25, 0.3) is 0 Å². The highest BCUT2D eigenvalue weighted by atomic mass is 35.5. The van der Waals surface area contributed by atoms with E-state index < -0.39 is 5.91 Å². The Morgan fingerprint density at radius 2 is 2.29 bits per heavy atom. The number of anilines is 1. The van der Waals surface area contributed by atoms with Gasteiger partial charge in [0.2, 0.25) is 5.91 Å². The number of rotatable bonds is 6. The Bertz CT molecular complexity index is 396. The lowest BCUT2D eigenvalue weighted by Gasteiger charge is -2.15. The van der Waals surface area contributed by atoms with E-state index in [4.69, 9.17) is 22.1 Å². The van der Waals surface area contributed by atoms with E-state index >= 15 is 0 Å². The molecule has 1 rings (SSSR count). The van der Waals surface area contributed by atoms with Gasteiger partial charge in [-0.25, -0.2) is 0 Å². The lowest BCUT2D eigenvalue weighted by atomic mass is 10.2. The fourth-order valence-electron chi connectivity index (χ4n) is 1.42. The number of amides is 1. The molecule has 0 spiro atoms. The minimum absolute atomic E-state index is 0.150. The molecule has 0 saturated carbocycles. The second kappa shape index (κ2) is 6.47. The highest BCUT2D eigenvalue weighted by Crippen LogP contribution is 2.20. The zero-order valence-corrected chi connectivity index (χ0v) is 10.8. The lowest BCUT2D eigenvalue weighted by molar-refractivity contribution is 0.100. The summed E-state index contributed by atoms with van der Waals surface area (Å²) in [6.45, 7) is 5.22. The van der Waals surface area contributed by atoms with Crippen LogP contribution in [-0.4, -0.2) is 25.2 Å². The number of primary amides is 1.